The molecule has 0 saturated carbocycles. The highest BCUT2D eigenvalue weighted by atomic mass is 32.1. The number of amides is 1. The SMILES string of the molecule is Nc1nc(-c2ccc3c(c2)NC(=O)/C(=C\c2ccco2)O3)cs1. The Morgan fingerprint density at radius 2 is 2.22 bits per heavy atom. The van der Waals surface area contributed by atoms with Gasteiger partial charge in [-0.1, -0.05) is 0 Å². The van der Waals surface area contributed by atoms with E-state index < -0.39 is 0 Å². The number of fused-ring (bicyclic) bond motifs is 1. The van der Waals surface area contributed by atoms with Crippen molar-refractivity contribution in [2.75, 3.05) is 11.1 Å². The molecule has 1 aliphatic heterocycles. The summed E-state index contributed by atoms with van der Waals surface area (Å²) in [6.45, 7) is 0. The number of hydrogen-bond acceptors (Lipinski definition) is 6. The monoisotopic (exact) mass is 325 g/mol. The molecular weight excluding hydrogens is 314 g/mol. The van der Waals surface area contributed by atoms with Crippen LogP contribution in [-0.4, -0.2) is 10.9 Å². The summed E-state index contributed by atoms with van der Waals surface area (Å²) in [6, 6.07) is 8.96. The number of anilines is 2. The molecule has 0 aliphatic carbocycles. The zero-order valence-corrected chi connectivity index (χ0v) is 12.6. The van der Waals surface area contributed by atoms with Crippen LogP contribution in [-0.2, 0) is 4.79 Å². The molecule has 0 fully saturated rings. The molecule has 114 valence electrons. The largest absolute Gasteiger partial charge is 0.465 e. The zero-order valence-electron chi connectivity index (χ0n) is 11.8. The minimum atomic E-state index is -0.330. The molecule has 0 saturated heterocycles. The minimum Gasteiger partial charge on any atom is -0.465 e. The lowest BCUT2D eigenvalue weighted by Gasteiger charge is -2.20. The third kappa shape index (κ3) is 2.58. The van der Waals surface area contributed by atoms with Crippen LogP contribution >= 0.6 is 11.3 Å². The Labute approximate surface area is 135 Å². The summed E-state index contributed by atoms with van der Waals surface area (Å²) in [7, 11) is 0. The van der Waals surface area contributed by atoms with Crippen LogP contribution < -0.4 is 15.8 Å². The quantitative estimate of drug-likeness (QED) is 0.705. The van der Waals surface area contributed by atoms with E-state index in [1.165, 1.54) is 17.6 Å². The van der Waals surface area contributed by atoms with E-state index in [-0.39, 0.29) is 11.7 Å². The van der Waals surface area contributed by atoms with Crippen molar-refractivity contribution in [3.63, 3.8) is 0 Å². The lowest BCUT2D eigenvalue weighted by molar-refractivity contribution is -0.115. The van der Waals surface area contributed by atoms with Crippen LogP contribution in [0.4, 0.5) is 10.8 Å². The van der Waals surface area contributed by atoms with Gasteiger partial charge < -0.3 is 20.2 Å². The normalized spacial score (nSPS) is 15.1. The molecule has 0 unspecified atom stereocenters. The number of hydrogen-bond donors (Lipinski definition) is 2. The average molecular weight is 325 g/mol. The van der Waals surface area contributed by atoms with Crippen molar-refractivity contribution < 1.29 is 13.9 Å². The summed E-state index contributed by atoms with van der Waals surface area (Å²) in [4.78, 5) is 16.4. The van der Waals surface area contributed by atoms with Gasteiger partial charge >= 0.3 is 0 Å². The number of thiazole rings is 1. The smallest absolute Gasteiger partial charge is 0.291 e. The molecular formula is C16H11N3O3S. The molecule has 0 atom stereocenters. The van der Waals surface area contributed by atoms with E-state index in [9.17, 15) is 4.79 Å². The van der Waals surface area contributed by atoms with Gasteiger partial charge in [-0.15, -0.1) is 11.3 Å². The van der Waals surface area contributed by atoms with E-state index in [2.05, 4.69) is 10.3 Å². The van der Waals surface area contributed by atoms with Crippen LogP contribution in [0.15, 0.2) is 52.2 Å². The van der Waals surface area contributed by atoms with Gasteiger partial charge in [-0.05, 0) is 30.3 Å². The number of ether oxygens (including phenoxy) is 1. The van der Waals surface area contributed by atoms with Crippen molar-refractivity contribution in [1.82, 2.24) is 4.98 Å². The van der Waals surface area contributed by atoms with Crippen molar-refractivity contribution in [3.8, 4) is 17.0 Å². The van der Waals surface area contributed by atoms with Crippen molar-refractivity contribution in [2.24, 2.45) is 0 Å². The Morgan fingerprint density at radius 3 is 2.96 bits per heavy atom. The standard InChI is InChI=1S/C16H11N3O3S/c17-16-19-12(8-23-16)9-3-4-13-11(6-9)18-15(20)14(22-13)7-10-2-1-5-21-10/h1-8H,(H2,17,19)(H,18,20)/b14-7+. The number of carbonyl (C=O) groups is 1. The molecule has 1 aromatic carbocycles. The third-order valence-electron chi connectivity index (χ3n) is 3.31. The van der Waals surface area contributed by atoms with Crippen LogP contribution in [0.25, 0.3) is 17.3 Å². The first-order chi connectivity index (χ1) is 11.2. The van der Waals surface area contributed by atoms with E-state index in [1.54, 1.807) is 24.3 Å². The lowest BCUT2D eigenvalue weighted by atomic mass is 10.1. The first kappa shape index (κ1) is 13.6. The molecule has 2 aromatic heterocycles. The maximum Gasteiger partial charge on any atom is 0.291 e. The Bertz CT molecular complexity index is 913. The maximum absolute atomic E-state index is 12.2. The van der Waals surface area contributed by atoms with Crippen molar-refractivity contribution >= 4 is 34.1 Å². The Hall–Kier alpha value is -3.06. The maximum atomic E-state index is 12.2. The molecule has 23 heavy (non-hydrogen) atoms. The lowest BCUT2D eigenvalue weighted by Crippen LogP contribution is -2.23. The molecule has 6 nitrogen and oxygen atoms in total. The predicted octanol–water partition coefficient (Wildman–Crippen LogP) is 3.36. The van der Waals surface area contributed by atoms with Crippen LogP contribution in [0.5, 0.6) is 5.75 Å². The second-order valence-electron chi connectivity index (χ2n) is 4.86. The summed E-state index contributed by atoms with van der Waals surface area (Å²) in [5.74, 6) is 0.962. The highest BCUT2D eigenvalue weighted by Crippen LogP contribution is 2.35. The average Bonchev–Trinajstić information content (AvgIpc) is 3.19. The summed E-state index contributed by atoms with van der Waals surface area (Å²) in [5.41, 5.74) is 7.87. The number of aromatic nitrogens is 1. The van der Waals surface area contributed by atoms with Gasteiger partial charge in [0.2, 0.25) is 0 Å². The fourth-order valence-corrected chi connectivity index (χ4v) is 2.81. The summed E-state index contributed by atoms with van der Waals surface area (Å²) >= 11 is 1.37. The van der Waals surface area contributed by atoms with Gasteiger partial charge in [0.05, 0.1) is 17.6 Å². The number of furan rings is 1. The fraction of sp³-hybridized carbons (Fsp3) is 0. The number of rotatable bonds is 2. The highest BCUT2D eigenvalue weighted by Gasteiger charge is 2.23. The molecule has 3 aromatic rings. The van der Waals surface area contributed by atoms with Gasteiger partial charge in [-0.25, -0.2) is 4.98 Å². The predicted molar refractivity (Wildman–Crippen MR) is 87.9 cm³/mol. The second-order valence-corrected chi connectivity index (χ2v) is 5.75. The van der Waals surface area contributed by atoms with Crippen LogP contribution in [0.1, 0.15) is 5.76 Å². The number of benzene rings is 1. The van der Waals surface area contributed by atoms with Crippen molar-refractivity contribution in [3.05, 3.63) is 53.5 Å². The molecule has 1 amide bonds. The molecule has 1 aliphatic rings. The number of carbonyl (C=O) groups excluding carboxylic acids is 1. The highest BCUT2D eigenvalue weighted by molar-refractivity contribution is 7.13. The fourth-order valence-electron chi connectivity index (χ4n) is 2.24. The third-order valence-corrected chi connectivity index (χ3v) is 3.98. The number of nitrogen functional groups attached to an aromatic ring is 1. The van der Waals surface area contributed by atoms with E-state index in [1.807, 2.05) is 17.5 Å². The van der Waals surface area contributed by atoms with Crippen LogP contribution in [0, 0.1) is 0 Å². The molecule has 3 heterocycles. The van der Waals surface area contributed by atoms with Crippen LogP contribution in [0.2, 0.25) is 0 Å². The van der Waals surface area contributed by atoms with Crippen molar-refractivity contribution in [2.45, 2.75) is 0 Å². The first-order valence-electron chi connectivity index (χ1n) is 6.79. The van der Waals surface area contributed by atoms with Gasteiger partial charge in [0.25, 0.3) is 5.91 Å². The van der Waals surface area contributed by atoms with Gasteiger partial charge in [0.1, 0.15) is 5.76 Å². The molecule has 0 spiro atoms. The molecule has 0 radical (unpaired) electrons. The van der Waals surface area contributed by atoms with Gasteiger partial charge in [-0.3, -0.25) is 4.79 Å². The summed E-state index contributed by atoms with van der Waals surface area (Å²) < 4.78 is 10.9. The van der Waals surface area contributed by atoms with Crippen molar-refractivity contribution in [1.29, 1.82) is 0 Å². The van der Waals surface area contributed by atoms with Gasteiger partial charge in [0.15, 0.2) is 16.6 Å². The Kier molecular flexibility index (Phi) is 3.13. The van der Waals surface area contributed by atoms with Gasteiger partial charge in [0, 0.05) is 17.0 Å². The summed E-state index contributed by atoms with van der Waals surface area (Å²) in [6.07, 6.45) is 3.08. The van der Waals surface area contributed by atoms with E-state index >= 15 is 0 Å². The van der Waals surface area contributed by atoms with E-state index in [0.717, 1.165) is 11.3 Å². The number of nitrogens with two attached hydrogens (primary N) is 1. The van der Waals surface area contributed by atoms with E-state index in [0.29, 0.717) is 22.3 Å². The van der Waals surface area contributed by atoms with Gasteiger partial charge in [-0.2, -0.15) is 0 Å². The zero-order chi connectivity index (χ0) is 15.8. The second kappa shape index (κ2) is 5.29. The molecule has 3 N–H and O–H groups in total. The van der Waals surface area contributed by atoms with E-state index in [4.69, 9.17) is 14.9 Å². The first-order valence-corrected chi connectivity index (χ1v) is 7.67. The molecule has 4 rings (SSSR count). The Morgan fingerprint density at radius 1 is 1.30 bits per heavy atom. The minimum absolute atomic E-state index is 0.179. The van der Waals surface area contributed by atoms with Crippen LogP contribution in [0.3, 0.4) is 0 Å². The number of nitrogens with one attached hydrogen (secondary N) is 1. The number of nitrogens with zero attached hydrogens (tertiary/aromatic N) is 1. The molecule has 0 bridgehead atoms. The Balaban J connectivity index is 1.67. The topological polar surface area (TPSA) is 90.4 Å². The molecule has 7 heteroatoms. The summed E-state index contributed by atoms with van der Waals surface area (Å²) in [5, 5.41) is 5.18.